The summed E-state index contributed by atoms with van der Waals surface area (Å²) >= 11 is 0. The molecule has 36 heavy (non-hydrogen) atoms. The van der Waals surface area contributed by atoms with Gasteiger partial charge in [-0.05, 0) is 74.8 Å². The van der Waals surface area contributed by atoms with Crippen molar-refractivity contribution in [1.82, 2.24) is 14.3 Å². The van der Waals surface area contributed by atoms with Crippen molar-refractivity contribution in [1.29, 1.82) is 0 Å². The second kappa shape index (κ2) is 8.14. The Kier molecular flexibility index (Phi) is 5.08. The highest BCUT2D eigenvalue weighted by atomic mass is 32.2. The average molecular weight is 511 g/mol. The van der Waals surface area contributed by atoms with E-state index in [1.165, 1.54) is 36.0 Å². The van der Waals surface area contributed by atoms with E-state index < -0.39 is 10.0 Å². The maximum absolute atomic E-state index is 13.6. The fraction of sp³-hybridized carbons (Fsp3) is 0.577. The zero-order valence-corrected chi connectivity index (χ0v) is 20.9. The number of sulfonamides is 1. The number of nitrogens with one attached hydrogen (secondary N) is 1. The molecule has 0 radical (unpaired) electrons. The summed E-state index contributed by atoms with van der Waals surface area (Å²) in [6, 6.07) is 4.71. The van der Waals surface area contributed by atoms with Crippen molar-refractivity contribution in [2.75, 3.05) is 25.1 Å². The predicted octanol–water partition coefficient (Wildman–Crippen LogP) is 3.15. The van der Waals surface area contributed by atoms with Crippen molar-refractivity contribution in [3.05, 3.63) is 35.8 Å². The van der Waals surface area contributed by atoms with Crippen LogP contribution in [0, 0.1) is 23.2 Å². The minimum atomic E-state index is -3.75. The number of ether oxygens (including phenoxy) is 2. The zero-order valence-electron chi connectivity index (χ0n) is 20.1. The number of fused-ring (bicyclic) bond motifs is 2. The molecule has 1 aromatic carbocycles. The Morgan fingerprint density at radius 1 is 1.00 bits per heavy atom. The first-order valence-corrected chi connectivity index (χ1v) is 14.4. The van der Waals surface area contributed by atoms with E-state index in [4.69, 9.17) is 9.47 Å². The molecule has 6 aliphatic rings. The van der Waals surface area contributed by atoms with Crippen LogP contribution in [-0.2, 0) is 27.8 Å². The molecule has 1 N–H and O–H groups in total. The van der Waals surface area contributed by atoms with Crippen LogP contribution >= 0.6 is 0 Å². The largest absolute Gasteiger partial charge is 0.486 e. The van der Waals surface area contributed by atoms with E-state index in [0.717, 1.165) is 24.8 Å². The SMILES string of the molecule is O=C(Nc1ncnc2c1CCN(S(=O)(=O)c1ccc3c(c1)OCCO3)C2)C12CC3CC(CC(C3)C1)C2. The third kappa shape index (κ3) is 3.60. The second-order valence-corrected chi connectivity index (χ2v) is 13.1. The van der Waals surface area contributed by atoms with Gasteiger partial charge in [-0.2, -0.15) is 4.31 Å². The van der Waals surface area contributed by atoms with E-state index in [9.17, 15) is 13.2 Å². The summed E-state index contributed by atoms with van der Waals surface area (Å²) < 4.78 is 39.4. The highest BCUT2D eigenvalue weighted by molar-refractivity contribution is 7.89. The molecule has 1 aromatic heterocycles. The fourth-order valence-corrected chi connectivity index (χ4v) is 9.02. The normalized spacial score (nSPS) is 30.6. The molecule has 8 rings (SSSR count). The summed E-state index contributed by atoms with van der Waals surface area (Å²) in [6.07, 6.45) is 8.67. The lowest BCUT2D eigenvalue weighted by Gasteiger charge is -2.55. The molecule has 9 nitrogen and oxygen atoms in total. The van der Waals surface area contributed by atoms with Crippen LogP contribution in [0.15, 0.2) is 29.4 Å². The monoisotopic (exact) mass is 510 g/mol. The molecule has 4 bridgehead atoms. The number of carbonyl (C=O) groups excluding carboxylic acids is 1. The van der Waals surface area contributed by atoms with Crippen LogP contribution < -0.4 is 14.8 Å². The van der Waals surface area contributed by atoms with Gasteiger partial charge in [-0.3, -0.25) is 4.79 Å². The Labute approximate surface area is 210 Å². The van der Waals surface area contributed by atoms with Crippen LogP contribution in [-0.4, -0.2) is 48.4 Å². The Morgan fingerprint density at radius 3 is 2.42 bits per heavy atom. The summed E-state index contributed by atoms with van der Waals surface area (Å²) in [4.78, 5) is 22.5. The molecular formula is C26H30N4O5S. The maximum atomic E-state index is 13.6. The summed E-state index contributed by atoms with van der Waals surface area (Å²) in [5.74, 6) is 3.67. The molecule has 0 spiro atoms. The number of aromatic nitrogens is 2. The van der Waals surface area contributed by atoms with Crippen molar-refractivity contribution >= 4 is 21.7 Å². The van der Waals surface area contributed by atoms with Crippen molar-refractivity contribution in [3.63, 3.8) is 0 Å². The van der Waals surface area contributed by atoms with E-state index in [1.54, 1.807) is 12.1 Å². The van der Waals surface area contributed by atoms with Crippen LogP contribution in [0.3, 0.4) is 0 Å². The number of benzene rings is 1. The van der Waals surface area contributed by atoms with E-state index >= 15 is 0 Å². The van der Waals surface area contributed by atoms with Gasteiger partial charge in [-0.1, -0.05) is 0 Å². The van der Waals surface area contributed by atoms with Crippen LogP contribution in [0.1, 0.15) is 49.8 Å². The van der Waals surface area contributed by atoms with Crippen molar-refractivity contribution in [2.24, 2.45) is 23.2 Å². The standard InChI is InChI=1S/C26H30N4O5S/c31-25(26-11-16-7-17(12-26)9-18(8-16)13-26)29-24-20-3-4-30(14-21(20)27-15-28-24)36(32,33)19-1-2-22-23(10-19)35-6-5-34-22/h1-2,10,15-18H,3-9,11-14H2,(H,27,28,29,31). The second-order valence-electron chi connectivity index (χ2n) is 11.2. The first kappa shape index (κ1) is 22.5. The minimum Gasteiger partial charge on any atom is -0.486 e. The van der Waals surface area contributed by atoms with Crippen LogP contribution in [0.2, 0.25) is 0 Å². The Bertz CT molecular complexity index is 1310. The molecule has 0 unspecified atom stereocenters. The fourth-order valence-electron chi connectivity index (χ4n) is 7.61. The van der Waals surface area contributed by atoms with Gasteiger partial charge in [0, 0.05) is 18.2 Å². The number of anilines is 1. The predicted molar refractivity (Wildman–Crippen MR) is 130 cm³/mol. The third-order valence-corrected chi connectivity index (χ3v) is 10.7. The topological polar surface area (TPSA) is 111 Å². The van der Waals surface area contributed by atoms with Gasteiger partial charge in [0.05, 0.1) is 22.5 Å². The molecule has 4 fully saturated rings. The highest BCUT2D eigenvalue weighted by Crippen LogP contribution is 2.60. The van der Waals surface area contributed by atoms with Crippen molar-refractivity contribution in [3.8, 4) is 11.5 Å². The first-order chi connectivity index (χ1) is 17.4. The molecule has 3 heterocycles. The Hall–Kier alpha value is -2.72. The van der Waals surface area contributed by atoms with E-state index in [-0.39, 0.29) is 29.3 Å². The quantitative estimate of drug-likeness (QED) is 0.673. The van der Waals surface area contributed by atoms with E-state index in [1.807, 2.05) is 0 Å². The summed E-state index contributed by atoms with van der Waals surface area (Å²) in [7, 11) is -3.75. The lowest BCUT2D eigenvalue weighted by molar-refractivity contribution is -0.140. The third-order valence-electron chi connectivity index (χ3n) is 8.88. The van der Waals surface area contributed by atoms with Gasteiger partial charge >= 0.3 is 0 Å². The van der Waals surface area contributed by atoms with Gasteiger partial charge in [0.25, 0.3) is 0 Å². The molecule has 190 valence electrons. The maximum Gasteiger partial charge on any atom is 0.243 e. The summed E-state index contributed by atoms with van der Waals surface area (Å²) in [5.41, 5.74) is 1.21. The first-order valence-electron chi connectivity index (χ1n) is 12.9. The van der Waals surface area contributed by atoms with Gasteiger partial charge in [-0.15, -0.1) is 0 Å². The molecule has 0 atom stereocenters. The molecule has 1 amide bonds. The van der Waals surface area contributed by atoms with Gasteiger partial charge < -0.3 is 14.8 Å². The van der Waals surface area contributed by atoms with E-state index in [0.29, 0.717) is 60.4 Å². The number of rotatable bonds is 4. The molecule has 0 saturated heterocycles. The minimum absolute atomic E-state index is 0.0915. The van der Waals surface area contributed by atoms with Gasteiger partial charge in [0.15, 0.2) is 11.5 Å². The van der Waals surface area contributed by atoms with E-state index in [2.05, 4.69) is 15.3 Å². The van der Waals surface area contributed by atoms with Gasteiger partial charge in [0.2, 0.25) is 15.9 Å². The van der Waals surface area contributed by atoms with Gasteiger partial charge in [0.1, 0.15) is 25.4 Å². The smallest absolute Gasteiger partial charge is 0.243 e. The number of carbonyl (C=O) groups is 1. The molecule has 4 aliphatic carbocycles. The van der Waals surface area contributed by atoms with Crippen LogP contribution in [0.5, 0.6) is 11.5 Å². The van der Waals surface area contributed by atoms with Crippen molar-refractivity contribution in [2.45, 2.75) is 56.4 Å². The highest BCUT2D eigenvalue weighted by Gasteiger charge is 2.54. The zero-order chi connectivity index (χ0) is 24.5. The molecule has 10 heteroatoms. The van der Waals surface area contributed by atoms with Crippen LogP contribution in [0.25, 0.3) is 0 Å². The van der Waals surface area contributed by atoms with Gasteiger partial charge in [-0.25, -0.2) is 18.4 Å². The Morgan fingerprint density at radius 2 is 1.69 bits per heavy atom. The molecule has 2 aromatic rings. The number of nitrogens with zero attached hydrogens (tertiary/aromatic N) is 3. The molecule has 2 aliphatic heterocycles. The van der Waals surface area contributed by atoms with Crippen molar-refractivity contribution < 1.29 is 22.7 Å². The van der Waals surface area contributed by atoms with Crippen LogP contribution in [0.4, 0.5) is 5.82 Å². The number of hydrogen-bond donors (Lipinski definition) is 1. The molecule has 4 saturated carbocycles. The summed E-state index contributed by atoms with van der Waals surface area (Å²) in [6.45, 7) is 1.26. The average Bonchev–Trinajstić information content (AvgIpc) is 2.87. The summed E-state index contributed by atoms with van der Waals surface area (Å²) in [5, 5.41) is 3.16. The number of hydrogen-bond acceptors (Lipinski definition) is 7. The lowest BCUT2D eigenvalue weighted by Crippen LogP contribution is -2.52. The Balaban J connectivity index is 1.11. The molecular weight excluding hydrogens is 480 g/mol. The lowest BCUT2D eigenvalue weighted by atomic mass is 9.49. The number of amides is 1.